The monoisotopic (exact) mass is 455 g/mol. The van der Waals surface area contributed by atoms with E-state index in [1.54, 1.807) is 14.2 Å². The largest absolute Gasteiger partial charge is 0.497 e. The van der Waals surface area contributed by atoms with Crippen molar-refractivity contribution in [2.45, 2.75) is 43.9 Å². The summed E-state index contributed by atoms with van der Waals surface area (Å²) in [7, 11) is 3.34. The van der Waals surface area contributed by atoms with Crippen molar-refractivity contribution in [2.75, 3.05) is 14.2 Å². The van der Waals surface area contributed by atoms with E-state index in [9.17, 15) is 5.11 Å². The molecule has 0 aromatic heterocycles. The second-order valence-electron chi connectivity index (χ2n) is 8.88. The van der Waals surface area contributed by atoms with Crippen molar-refractivity contribution in [1.82, 2.24) is 5.32 Å². The van der Waals surface area contributed by atoms with Gasteiger partial charge in [0.1, 0.15) is 17.1 Å². The number of rotatable bonds is 6. The lowest BCUT2D eigenvalue weighted by atomic mass is 9.69. The number of methoxy groups -OCH3 is 2. The zero-order chi connectivity index (χ0) is 24.0. The molecule has 2 N–H and O–H groups in total. The van der Waals surface area contributed by atoms with Crippen molar-refractivity contribution in [2.24, 2.45) is 5.92 Å². The number of hydrogen-bond acceptors (Lipinski definition) is 4. The van der Waals surface area contributed by atoms with E-state index in [4.69, 9.17) is 9.47 Å². The van der Waals surface area contributed by atoms with Gasteiger partial charge in [-0.2, -0.15) is 0 Å². The van der Waals surface area contributed by atoms with Crippen LogP contribution in [0.3, 0.4) is 0 Å². The summed E-state index contributed by atoms with van der Waals surface area (Å²) < 4.78 is 10.7. The molecule has 176 valence electrons. The number of benzene rings is 3. The van der Waals surface area contributed by atoms with Gasteiger partial charge in [0, 0.05) is 30.0 Å². The molecule has 0 bridgehead atoms. The molecular weight excluding hydrogens is 422 g/mol. The lowest BCUT2D eigenvalue weighted by molar-refractivity contribution is -0.0318. The predicted octanol–water partition coefficient (Wildman–Crippen LogP) is 5.68. The second kappa shape index (κ2) is 10.8. The van der Waals surface area contributed by atoms with Gasteiger partial charge in [-0.1, -0.05) is 67.6 Å². The normalized spacial score (nSPS) is 24.1. The van der Waals surface area contributed by atoms with Crippen molar-refractivity contribution >= 4 is 0 Å². The summed E-state index contributed by atoms with van der Waals surface area (Å²) in [4.78, 5) is 0. The molecule has 4 nitrogen and oxygen atoms in total. The van der Waals surface area contributed by atoms with Crippen LogP contribution in [0, 0.1) is 17.8 Å². The van der Waals surface area contributed by atoms with E-state index in [1.807, 2.05) is 54.6 Å². The molecule has 0 aliphatic carbocycles. The molecule has 0 unspecified atom stereocenters. The van der Waals surface area contributed by atoms with Crippen LogP contribution in [-0.4, -0.2) is 24.9 Å². The average molecular weight is 456 g/mol. The molecule has 3 aromatic rings. The van der Waals surface area contributed by atoms with Crippen molar-refractivity contribution < 1.29 is 14.6 Å². The minimum atomic E-state index is -1.15. The number of aliphatic hydroxyl groups is 1. The Morgan fingerprint density at radius 3 is 2.03 bits per heavy atom. The SMILES string of the molecule is CCC[C@@H]1[C@H](c2ccc(OC)cc2)N[C@H](c2ccc(OC)cc2)C[C@@]1(O)C#Cc1ccccc1. The van der Waals surface area contributed by atoms with Gasteiger partial charge in [0.25, 0.3) is 0 Å². The van der Waals surface area contributed by atoms with Gasteiger partial charge in [0.15, 0.2) is 0 Å². The Morgan fingerprint density at radius 2 is 1.47 bits per heavy atom. The zero-order valence-corrected chi connectivity index (χ0v) is 20.1. The Balaban J connectivity index is 1.76. The van der Waals surface area contributed by atoms with Crippen LogP contribution >= 0.6 is 0 Å². The third-order valence-electron chi connectivity index (χ3n) is 6.70. The fraction of sp³-hybridized carbons (Fsp3) is 0.333. The molecule has 1 heterocycles. The molecule has 1 saturated heterocycles. The molecule has 3 aromatic carbocycles. The summed E-state index contributed by atoms with van der Waals surface area (Å²) >= 11 is 0. The van der Waals surface area contributed by atoms with Gasteiger partial charge in [-0.3, -0.25) is 0 Å². The third kappa shape index (κ3) is 5.28. The maximum atomic E-state index is 12.1. The average Bonchev–Trinajstić information content (AvgIpc) is 2.89. The first-order valence-corrected chi connectivity index (χ1v) is 11.9. The highest BCUT2D eigenvalue weighted by Gasteiger charge is 2.47. The first-order valence-electron chi connectivity index (χ1n) is 11.9. The first-order chi connectivity index (χ1) is 16.6. The Labute approximate surface area is 202 Å². The van der Waals surface area contributed by atoms with E-state index in [-0.39, 0.29) is 18.0 Å². The summed E-state index contributed by atoms with van der Waals surface area (Å²) in [6.45, 7) is 2.16. The van der Waals surface area contributed by atoms with Crippen LogP contribution in [0.25, 0.3) is 0 Å². The number of ether oxygens (including phenoxy) is 2. The second-order valence-corrected chi connectivity index (χ2v) is 8.88. The Bertz CT molecular complexity index is 1120. The van der Waals surface area contributed by atoms with Gasteiger partial charge in [0.05, 0.1) is 14.2 Å². The van der Waals surface area contributed by atoms with Crippen molar-refractivity contribution in [3.05, 3.63) is 95.6 Å². The van der Waals surface area contributed by atoms with E-state index in [0.29, 0.717) is 6.42 Å². The van der Waals surface area contributed by atoms with Gasteiger partial charge >= 0.3 is 0 Å². The minimum Gasteiger partial charge on any atom is -0.497 e. The summed E-state index contributed by atoms with van der Waals surface area (Å²) in [5, 5.41) is 16.0. The molecule has 1 aliphatic heterocycles. The summed E-state index contributed by atoms with van der Waals surface area (Å²) in [6, 6.07) is 26.0. The lowest BCUT2D eigenvalue weighted by Gasteiger charge is -2.46. The molecule has 0 saturated carbocycles. The quantitative estimate of drug-likeness (QED) is 0.470. The minimum absolute atomic E-state index is 0.0539. The van der Waals surface area contributed by atoms with Crippen LogP contribution in [0.2, 0.25) is 0 Å². The highest BCUT2D eigenvalue weighted by Crippen LogP contribution is 2.45. The Kier molecular flexibility index (Phi) is 7.57. The molecule has 1 aliphatic rings. The summed E-state index contributed by atoms with van der Waals surface area (Å²) in [6.07, 6.45) is 2.33. The lowest BCUT2D eigenvalue weighted by Crippen LogP contribution is -2.52. The molecule has 0 spiro atoms. The van der Waals surface area contributed by atoms with Crippen molar-refractivity contribution in [3.8, 4) is 23.3 Å². The molecule has 34 heavy (non-hydrogen) atoms. The summed E-state index contributed by atoms with van der Waals surface area (Å²) in [5.41, 5.74) is 1.99. The van der Waals surface area contributed by atoms with Gasteiger partial charge in [-0.25, -0.2) is 0 Å². The Hall–Kier alpha value is -3.26. The van der Waals surface area contributed by atoms with E-state index < -0.39 is 5.60 Å². The van der Waals surface area contributed by atoms with Crippen LogP contribution in [0.4, 0.5) is 0 Å². The fourth-order valence-electron chi connectivity index (χ4n) is 4.88. The topological polar surface area (TPSA) is 50.7 Å². The van der Waals surface area contributed by atoms with Crippen molar-refractivity contribution in [1.29, 1.82) is 0 Å². The molecule has 0 amide bonds. The molecule has 4 heteroatoms. The van der Waals surface area contributed by atoms with Gasteiger partial charge in [0.2, 0.25) is 0 Å². The number of piperidine rings is 1. The molecule has 4 atom stereocenters. The maximum Gasteiger partial charge on any atom is 0.132 e. The van der Waals surface area contributed by atoms with E-state index in [0.717, 1.165) is 41.0 Å². The Morgan fingerprint density at radius 1 is 0.882 bits per heavy atom. The van der Waals surface area contributed by atoms with Gasteiger partial charge in [-0.05, 0) is 53.9 Å². The molecular formula is C30H33NO3. The van der Waals surface area contributed by atoms with E-state index in [2.05, 4.69) is 48.3 Å². The molecule has 4 rings (SSSR count). The van der Waals surface area contributed by atoms with Crippen LogP contribution in [0.5, 0.6) is 11.5 Å². The predicted molar refractivity (Wildman–Crippen MR) is 136 cm³/mol. The first kappa shape index (κ1) is 23.9. The van der Waals surface area contributed by atoms with E-state index >= 15 is 0 Å². The number of hydrogen-bond donors (Lipinski definition) is 2. The highest BCUT2D eigenvalue weighted by atomic mass is 16.5. The van der Waals surface area contributed by atoms with E-state index in [1.165, 1.54) is 0 Å². The van der Waals surface area contributed by atoms with Gasteiger partial charge < -0.3 is 19.9 Å². The zero-order valence-electron chi connectivity index (χ0n) is 20.1. The molecule has 0 radical (unpaired) electrons. The van der Waals surface area contributed by atoms with Crippen LogP contribution in [0.15, 0.2) is 78.9 Å². The van der Waals surface area contributed by atoms with Crippen LogP contribution in [-0.2, 0) is 0 Å². The fourth-order valence-corrected chi connectivity index (χ4v) is 4.88. The molecule has 1 fully saturated rings. The maximum absolute atomic E-state index is 12.1. The third-order valence-corrected chi connectivity index (χ3v) is 6.70. The summed E-state index contributed by atoms with van der Waals surface area (Å²) in [5.74, 6) is 8.14. The highest BCUT2D eigenvalue weighted by molar-refractivity contribution is 5.39. The van der Waals surface area contributed by atoms with Crippen molar-refractivity contribution in [3.63, 3.8) is 0 Å². The van der Waals surface area contributed by atoms with Crippen LogP contribution < -0.4 is 14.8 Å². The smallest absolute Gasteiger partial charge is 0.132 e. The standard InChI is InChI=1S/C30H33NO3/c1-4-8-27-29(24-13-17-26(34-3)18-14-24)31-28(23-11-15-25(33-2)16-12-23)21-30(27,32)20-19-22-9-6-5-7-10-22/h5-7,9-18,27-29,31-32H,4,8,21H2,1-3H3/t27-,28+,29+,30+/m1/s1. The van der Waals surface area contributed by atoms with Crippen LogP contribution in [0.1, 0.15) is 55.0 Å². The van der Waals surface area contributed by atoms with Gasteiger partial charge in [-0.15, -0.1) is 0 Å². The number of nitrogens with one attached hydrogen (secondary N) is 1.